The number of aromatic nitrogens is 3. The van der Waals surface area contributed by atoms with E-state index in [-0.39, 0.29) is 30.5 Å². The van der Waals surface area contributed by atoms with Gasteiger partial charge in [-0.3, -0.25) is 19.1 Å². The fraction of sp³-hybridized carbons (Fsp3) is 0.412. The first-order valence-electron chi connectivity index (χ1n) is 8.22. The molecule has 1 unspecified atom stereocenters. The van der Waals surface area contributed by atoms with Crippen LogP contribution in [-0.2, 0) is 21.7 Å². The average molecular weight is 343 g/mol. The van der Waals surface area contributed by atoms with Crippen LogP contribution >= 0.6 is 0 Å². The number of rotatable bonds is 4. The van der Waals surface area contributed by atoms with Crippen LogP contribution in [0.4, 0.5) is 0 Å². The lowest BCUT2D eigenvalue weighted by molar-refractivity contribution is -0.141. The molecule has 1 N–H and O–H groups in total. The van der Waals surface area contributed by atoms with Gasteiger partial charge >= 0.3 is 0 Å². The largest absolute Gasteiger partial charge is 0.357 e. The van der Waals surface area contributed by atoms with Crippen molar-refractivity contribution in [1.82, 2.24) is 24.6 Å². The first-order valence-corrected chi connectivity index (χ1v) is 8.22. The fourth-order valence-corrected chi connectivity index (χ4v) is 3.32. The summed E-state index contributed by atoms with van der Waals surface area (Å²) in [5.41, 5.74) is -1.15. The van der Waals surface area contributed by atoms with Crippen molar-refractivity contribution in [1.29, 1.82) is 0 Å². The molecular weight excluding hydrogens is 322 g/mol. The van der Waals surface area contributed by atoms with Crippen LogP contribution in [0.5, 0.6) is 0 Å². The molecule has 1 aliphatic heterocycles. The molecule has 1 aliphatic rings. The lowest BCUT2D eigenvalue weighted by atomic mass is 9.88. The second-order valence-corrected chi connectivity index (χ2v) is 6.15. The lowest BCUT2D eigenvalue weighted by Gasteiger charge is -2.41. The van der Waals surface area contributed by atoms with Crippen LogP contribution in [0.3, 0.4) is 0 Å². The fourth-order valence-electron chi connectivity index (χ4n) is 3.32. The van der Waals surface area contributed by atoms with Crippen LogP contribution < -0.4 is 10.9 Å². The van der Waals surface area contributed by atoms with E-state index in [4.69, 9.17) is 0 Å². The molecule has 1 fully saturated rings. The highest BCUT2D eigenvalue weighted by Crippen LogP contribution is 2.29. The first-order chi connectivity index (χ1) is 12.1. The van der Waals surface area contributed by atoms with Crippen LogP contribution in [0.1, 0.15) is 12.8 Å². The van der Waals surface area contributed by atoms with Crippen LogP contribution in [0, 0.1) is 0 Å². The summed E-state index contributed by atoms with van der Waals surface area (Å²) in [5, 5.41) is 6.92. The van der Waals surface area contributed by atoms with Crippen LogP contribution in [0.2, 0.25) is 0 Å². The van der Waals surface area contributed by atoms with E-state index in [1.54, 1.807) is 53.4 Å². The Kier molecular flexibility index (Phi) is 4.69. The quantitative estimate of drug-likeness (QED) is 0.833. The molecule has 0 spiro atoms. The molecule has 25 heavy (non-hydrogen) atoms. The van der Waals surface area contributed by atoms with Crippen LogP contribution in [-0.4, -0.2) is 51.2 Å². The number of hydrogen-bond donors (Lipinski definition) is 1. The van der Waals surface area contributed by atoms with E-state index < -0.39 is 5.54 Å². The van der Waals surface area contributed by atoms with Crippen molar-refractivity contribution in [2.24, 2.45) is 0 Å². The summed E-state index contributed by atoms with van der Waals surface area (Å²) >= 11 is 0. The molecule has 2 aromatic rings. The van der Waals surface area contributed by atoms with E-state index in [0.717, 1.165) is 0 Å². The van der Waals surface area contributed by atoms with E-state index >= 15 is 0 Å². The Hall–Kier alpha value is -2.90. The number of likely N-dealkylation sites (N-methyl/N-ethyl adjacent to an activating group) is 1. The van der Waals surface area contributed by atoms with Gasteiger partial charge in [0.2, 0.25) is 11.8 Å². The number of carbonyl (C=O) groups is 2. The van der Waals surface area contributed by atoms with E-state index in [2.05, 4.69) is 10.4 Å². The van der Waals surface area contributed by atoms with Gasteiger partial charge in [-0.05, 0) is 25.0 Å². The van der Waals surface area contributed by atoms with Crippen molar-refractivity contribution in [3.05, 3.63) is 53.2 Å². The molecule has 132 valence electrons. The van der Waals surface area contributed by atoms with E-state index in [1.807, 2.05) is 0 Å². The predicted octanol–water partition coefficient (Wildman–Crippen LogP) is -0.191. The van der Waals surface area contributed by atoms with E-state index in [9.17, 15) is 14.4 Å². The van der Waals surface area contributed by atoms with Crippen molar-refractivity contribution >= 4 is 11.8 Å². The third-order valence-electron chi connectivity index (χ3n) is 4.62. The Labute approximate surface area is 145 Å². The number of amides is 2. The summed E-state index contributed by atoms with van der Waals surface area (Å²) < 4.78 is 2.99. The van der Waals surface area contributed by atoms with Crippen molar-refractivity contribution in [3.8, 4) is 0 Å². The molecule has 0 bridgehead atoms. The number of nitrogens with one attached hydrogen (secondary N) is 1. The number of carbonyl (C=O) groups excluding carboxylic acids is 2. The van der Waals surface area contributed by atoms with E-state index in [0.29, 0.717) is 19.4 Å². The molecule has 0 saturated carbocycles. The molecular formula is C17H21N5O3. The van der Waals surface area contributed by atoms with Crippen molar-refractivity contribution < 1.29 is 9.59 Å². The molecule has 3 rings (SSSR count). The van der Waals surface area contributed by atoms with Crippen molar-refractivity contribution in [2.45, 2.75) is 24.9 Å². The number of piperidine rings is 1. The maximum Gasteiger partial charge on any atom is 0.250 e. The van der Waals surface area contributed by atoms with Gasteiger partial charge in [0, 0.05) is 38.2 Å². The summed E-state index contributed by atoms with van der Waals surface area (Å²) in [5.74, 6) is -0.362. The monoisotopic (exact) mass is 343 g/mol. The van der Waals surface area contributed by atoms with Gasteiger partial charge in [-0.2, -0.15) is 5.10 Å². The van der Waals surface area contributed by atoms with Crippen molar-refractivity contribution in [2.75, 3.05) is 20.1 Å². The summed E-state index contributed by atoms with van der Waals surface area (Å²) in [4.78, 5) is 38.8. The zero-order valence-electron chi connectivity index (χ0n) is 14.1. The number of nitrogens with zero attached hydrogens (tertiary/aromatic N) is 4. The molecule has 8 heteroatoms. The number of hydrogen-bond acceptors (Lipinski definition) is 4. The minimum Gasteiger partial charge on any atom is -0.357 e. The highest BCUT2D eigenvalue weighted by atomic mass is 16.2. The molecule has 1 saturated heterocycles. The van der Waals surface area contributed by atoms with Gasteiger partial charge in [-0.1, -0.05) is 6.07 Å². The Morgan fingerprint density at radius 3 is 2.80 bits per heavy atom. The standard InChI is InChI=1S/C17H21N5O3/c1-18-16(25)17(22-11-5-8-19-22)7-4-10-21(13-17)15(24)12-20-9-3-2-6-14(20)23/h2-3,5-6,8-9,11H,4,7,10,12-13H2,1H3,(H,18,25). The highest BCUT2D eigenvalue weighted by Gasteiger charge is 2.45. The van der Waals surface area contributed by atoms with Gasteiger partial charge in [0.1, 0.15) is 6.54 Å². The molecule has 1 atom stereocenters. The Bertz CT molecular complexity index is 814. The molecule has 3 heterocycles. The van der Waals surface area contributed by atoms with Crippen LogP contribution in [0.25, 0.3) is 0 Å². The highest BCUT2D eigenvalue weighted by molar-refractivity contribution is 5.86. The molecule has 0 radical (unpaired) electrons. The molecule has 8 nitrogen and oxygen atoms in total. The minimum absolute atomic E-state index is 0.0391. The third-order valence-corrected chi connectivity index (χ3v) is 4.62. The number of likely N-dealkylation sites (tertiary alicyclic amines) is 1. The van der Waals surface area contributed by atoms with Gasteiger partial charge in [0.15, 0.2) is 5.54 Å². The topological polar surface area (TPSA) is 89.2 Å². The Balaban J connectivity index is 1.84. The third kappa shape index (κ3) is 3.19. The summed E-state index contributed by atoms with van der Waals surface area (Å²) in [6, 6.07) is 6.53. The minimum atomic E-state index is -0.923. The summed E-state index contributed by atoms with van der Waals surface area (Å²) in [7, 11) is 1.58. The smallest absolute Gasteiger partial charge is 0.250 e. The molecule has 2 amide bonds. The maximum atomic E-state index is 12.7. The zero-order valence-corrected chi connectivity index (χ0v) is 14.1. The predicted molar refractivity (Wildman–Crippen MR) is 90.8 cm³/mol. The Morgan fingerprint density at radius 1 is 1.28 bits per heavy atom. The van der Waals surface area contributed by atoms with Gasteiger partial charge in [0.05, 0.1) is 6.54 Å². The number of pyridine rings is 1. The second kappa shape index (κ2) is 6.92. The lowest BCUT2D eigenvalue weighted by Crippen LogP contribution is -2.59. The van der Waals surface area contributed by atoms with E-state index in [1.165, 1.54) is 10.6 Å². The average Bonchev–Trinajstić information content (AvgIpc) is 3.18. The molecule has 0 aromatic carbocycles. The van der Waals surface area contributed by atoms with Gasteiger partial charge in [-0.15, -0.1) is 0 Å². The van der Waals surface area contributed by atoms with Crippen molar-refractivity contribution in [3.63, 3.8) is 0 Å². The zero-order chi connectivity index (χ0) is 17.9. The van der Waals surface area contributed by atoms with Gasteiger partial charge in [0.25, 0.3) is 5.56 Å². The SMILES string of the molecule is CNC(=O)C1(n2cccn2)CCCN(C(=O)Cn2ccccc2=O)C1. The normalized spacial score (nSPS) is 20.3. The van der Waals surface area contributed by atoms with Gasteiger partial charge in [-0.25, -0.2) is 0 Å². The second-order valence-electron chi connectivity index (χ2n) is 6.15. The summed E-state index contributed by atoms with van der Waals surface area (Å²) in [6.45, 7) is 0.748. The van der Waals surface area contributed by atoms with Gasteiger partial charge < -0.3 is 14.8 Å². The summed E-state index contributed by atoms with van der Waals surface area (Å²) in [6.07, 6.45) is 6.23. The van der Waals surface area contributed by atoms with Crippen LogP contribution in [0.15, 0.2) is 47.7 Å². The Morgan fingerprint density at radius 2 is 2.12 bits per heavy atom. The molecule has 2 aromatic heterocycles. The molecule has 0 aliphatic carbocycles. The first kappa shape index (κ1) is 16.9. The maximum absolute atomic E-state index is 12.7.